The Morgan fingerprint density at radius 1 is 0.917 bits per heavy atom. The molecule has 0 atom stereocenters. The first-order valence-electron chi connectivity index (χ1n) is 3.79. The van der Waals surface area contributed by atoms with Crippen LogP contribution in [0.2, 0.25) is 0 Å². The van der Waals surface area contributed by atoms with E-state index in [0.717, 1.165) is 0 Å². The van der Waals surface area contributed by atoms with Crippen LogP contribution in [0.1, 0.15) is 12.8 Å². The minimum Gasteiger partial charge on any atom is -0.306 e. The number of likely N-dealkylation sites (tertiary alicyclic amines) is 1. The fourth-order valence-electron chi connectivity index (χ4n) is 0.875. The molecule has 0 N–H and O–H groups in total. The molecule has 0 amide bonds. The maximum absolute atomic E-state index is 10.4. The van der Waals surface area contributed by atoms with E-state index >= 15 is 0 Å². The van der Waals surface area contributed by atoms with Gasteiger partial charge in [-0.25, -0.2) is 17.6 Å². The lowest BCUT2D eigenvalue weighted by Crippen LogP contribution is -2.10. The average Bonchev–Trinajstić information content (AvgIpc) is 2.40. The fourth-order valence-corrected chi connectivity index (χ4v) is 0.875. The van der Waals surface area contributed by atoms with E-state index in [1.54, 1.807) is 0 Å². The second-order valence-corrected chi connectivity index (χ2v) is 2.68. The number of alkyl halides is 4. The maximum atomic E-state index is 10.4. The molecule has 0 aromatic rings. The topological polar surface area (TPSA) is 3.24 Å². The van der Waals surface area contributed by atoms with Gasteiger partial charge in [0, 0.05) is 0 Å². The summed E-state index contributed by atoms with van der Waals surface area (Å²) in [5.74, 6) is 0. The SMILES string of the molecule is CN1CCCC1.FC(F)C(F)F. The first-order chi connectivity index (χ1) is 5.54. The summed E-state index contributed by atoms with van der Waals surface area (Å²) in [4.78, 5) is 2.36. The predicted octanol–water partition coefficient (Wildman–Crippen LogP) is 2.23. The summed E-state index contributed by atoms with van der Waals surface area (Å²) < 4.78 is 41.6. The zero-order chi connectivity index (χ0) is 9.56. The van der Waals surface area contributed by atoms with Crippen LogP contribution in [0.25, 0.3) is 0 Å². The minimum atomic E-state index is -3.48. The molecule has 0 saturated carbocycles. The number of nitrogens with zero attached hydrogens (tertiary/aromatic N) is 1. The molecule has 5 heteroatoms. The van der Waals surface area contributed by atoms with E-state index in [1.165, 1.54) is 25.9 Å². The molecule has 1 nitrogen and oxygen atoms in total. The van der Waals surface area contributed by atoms with Crippen LogP contribution in [0.5, 0.6) is 0 Å². The first-order valence-corrected chi connectivity index (χ1v) is 3.79. The molecule has 0 radical (unpaired) electrons. The van der Waals surface area contributed by atoms with Gasteiger partial charge in [-0.3, -0.25) is 0 Å². The van der Waals surface area contributed by atoms with Crippen molar-refractivity contribution in [1.29, 1.82) is 0 Å². The molecule has 12 heavy (non-hydrogen) atoms. The van der Waals surface area contributed by atoms with E-state index in [4.69, 9.17) is 0 Å². The second kappa shape index (κ2) is 6.22. The highest BCUT2D eigenvalue weighted by atomic mass is 19.3. The third-order valence-electron chi connectivity index (χ3n) is 1.52. The quantitative estimate of drug-likeness (QED) is 0.569. The summed E-state index contributed by atoms with van der Waals surface area (Å²) in [5.41, 5.74) is 0. The summed E-state index contributed by atoms with van der Waals surface area (Å²) in [7, 11) is 2.17. The third kappa shape index (κ3) is 6.39. The molecule has 0 spiro atoms. The number of hydrogen-bond donors (Lipinski definition) is 0. The normalized spacial score (nSPS) is 18.2. The molecule has 0 aromatic carbocycles. The van der Waals surface area contributed by atoms with Crippen molar-refractivity contribution in [3.8, 4) is 0 Å². The molecule has 0 aromatic heterocycles. The molecule has 1 aliphatic heterocycles. The molecule has 0 aliphatic carbocycles. The van der Waals surface area contributed by atoms with Crippen molar-refractivity contribution in [2.75, 3.05) is 20.1 Å². The zero-order valence-corrected chi connectivity index (χ0v) is 6.94. The molecule has 1 heterocycles. The Morgan fingerprint density at radius 2 is 1.25 bits per heavy atom. The van der Waals surface area contributed by atoms with Crippen molar-refractivity contribution in [1.82, 2.24) is 4.90 Å². The molecular weight excluding hydrogens is 174 g/mol. The van der Waals surface area contributed by atoms with E-state index in [9.17, 15) is 17.6 Å². The molecule has 1 saturated heterocycles. The summed E-state index contributed by atoms with van der Waals surface area (Å²) in [6.45, 7) is 2.64. The molecule has 74 valence electrons. The van der Waals surface area contributed by atoms with Gasteiger partial charge in [0.15, 0.2) is 0 Å². The van der Waals surface area contributed by atoms with Crippen LogP contribution < -0.4 is 0 Å². The van der Waals surface area contributed by atoms with Crippen molar-refractivity contribution in [2.24, 2.45) is 0 Å². The lowest BCUT2D eigenvalue weighted by atomic mass is 10.4. The molecule has 0 unspecified atom stereocenters. The smallest absolute Gasteiger partial charge is 0.298 e. The van der Waals surface area contributed by atoms with Crippen molar-refractivity contribution < 1.29 is 17.6 Å². The Balaban J connectivity index is 0.000000202. The van der Waals surface area contributed by atoms with Gasteiger partial charge in [-0.05, 0) is 33.0 Å². The van der Waals surface area contributed by atoms with Gasteiger partial charge < -0.3 is 4.90 Å². The van der Waals surface area contributed by atoms with Gasteiger partial charge in [-0.2, -0.15) is 0 Å². The summed E-state index contributed by atoms with van der Waals surface area (Å²) in [6.07, 6.45) is -4.14. The maximum Gasteiger partial charge on any atom is 0.298 e. The van der Waals surface area contributed by atoms with Crippen molar-refractivity contribution in [3.63, 3.8) is 0 Å². The molecular formula is C7H13F4N. The monoisotopic (exact) mass is 187 g/mol. The lowest BCUT2D eigenvalue weighted by molar-refractivity contribution is -0.0278. The van der Waals surface area contributed by atoms with Gasteiger partial charge in [-0.1, -0.05) is 0 Å². The van der Waals surface area contributed by atoms with E-state index in [0.29, 0.717) is 0 Å². The Bertz CT molecular complexity index is 95.6. The van der Waals surface area contributed by atoms with Crippen molar-refractivity contribution >= 4 is 0 Å². The number of rotatable bonds is 1. The van der Waals surface area contributed by atoms with Crippen LogP contribution >= 0.6 is 0 Å². The average molecular weight is 187 g/mol. The van der Waals surface area contributed by atoms with Crippen molar-refractivity contribution in [3.05, 3.63) is 0 Å². The summed E-state index contributed by atoms with van der Waals surface area (Å²) in [6, 6.07) is 0. The standard InChI is InChI=1S/C5H11N.C2H2F4/c1-6-4-2-3-5-6;3-1(4)2(5)6/h2-5H2,1H3;1-2H. The van der Waals surface area contributed by atoms with Crippen LogP contribution in [0.15, 0.2) is 0 Å². The van der Waals surface area contributed by atoms with E-state index in [1.807, 2.05) is 0 Å². The largest absolute Gasteiger partial charge is 0.306 e. The highest BCUT2D eigenvalue weighted by Crippen LogP contribution is 2.04. The van der Waals surface area contributed by atoms with Crippen LogP contribution in [-0.2, 0) is 0 Å². The first kappa shape index (κ1) is 11.7. The second-order valence-electron chi connectivity index (χ2n) is 2.68. The Labute approximate surface area is 69.4 Å². The Morgan fingerprint density at radius 3 is 1.33 bits per heavy atom. The van der Waals surface area contributed by atoms with Gasteiger partial charge >= 0.3 is 0 Å². The zero-order valence-electron chi connectivity index (χ0n) is 6.94. The van der Waals surface area contributed by atoms with Gasteiger partial charge in [0.05, 0.1) is 0 Å². The third-order valence-corrected chi connectivity index (χ3v) is 1.52. The molecule has 1 fully saturated rings. The highest BCUT2D eigenvalue weighted by molar-refractivity contribution is 4.59. The van der Waals surface area contributed by atoms with Gasteiger partial charge in [0.1, 0.15) is 0 Å². The molecule has 1 rings (SSSR count). The minimum absolute atomic E-state index is 1.32. The predicted molar refractivity (Wildman–Crippen MR) is 38.7 cm³/mol. The van der Waals surface area contributed by atoms with Gasteiger partial charge in [0.25, 0.3) is 12.9 Å². The fraction of sp³-hybridized carbons (Fsp3) is 1.00. The van der Waals surface area contributed by atoms with Crippen LogP contribution in [0, 0.1) is 0 Å². The van der Waals surface area contributed by atoms with E-state index in [2.05, 4.69) is 11.9 Å². The van der Waals surface area contributed by atoms with Crippen LogP contribution in [-0.4, -0.2) is 37.9 Å². The van der Waals surface area contributed by atoms with E-state index in [-0.39, 0.29) is 0 Å². The molecule has 0 bridgehead atoms. The Kier molecular flexibility index (Phi) is 6.06. The highest BCUT2D eigenvalue weighted by Gasteiger charge is 2.15. The Hall–Kier alpha value is -0.320. The van der Waals surface area contributed by atoms with Crippen LogP contribution in [0.4, 0.5) is 17.6 Å². The summed E-state index contributed by atoms with van der Waals surface area (Å²) in [5, 5.41) is 0. The van der Waals surface area contributed by atoms with Crippen molar-refractivity contribution in [2.45, 2.75) is 25.7 Å². The lowest BCUT2D eigenvalue weighted by Gasteiger charge is -2.01. The number of hydrogen-bond acceptors (Lipinski definition) is 1. The molecule has 1 aliphatic rings. The van der Waals surface area contributed by atoms with Crippen LogP contribution in [0.3, 0.4) is 0 Å². The van der Waals surface area contributed by atoms with Gasteiger partial charge in [0.2, 0.25) is 0 Å². The van der Waals surface area contributed by atoms with E-state index < -0.39 is 12.9 Å². The van der Waals surface area contributed by atoms with Gasteiger partial charge in [-0.15, -0.1) is 0 Å². The number of halogens is 4. The summed E-state index contributed by atoms with van der Waals surface area (Å²) >= 11 is 0.